The fourth-order valence-corrected chi connectivity index (χ4v) is 2.10. The van der Waals surface area contributed by atoms with E-state index in [1.54, 1.807) is 18.3 Å². The minimum absolute atomic E-state index is 0.260. The van der Waals surface area contributed by atoms with Gasteiger partial charge in [-0.25, -0.2) is 14.4 Å². The Labute approximate surface area is 115 Å². The molecule has 0 fully saturated rings. The van der Waals surface area contributed by atoms with E-state index >= 15 is 0 Å². The third-order valence-electron chi connectivity index (χ3n) is 2.65. The zero-order valence-corrected chi connectivity index (χ0v) is 11.3. The van der Waals surface area contributed by atoms with Gasteiger partial charge in [0.25, 0.3) is 0 Å². The Balaban J connectivity index is 2.34. The maximum absolute atomic E-state index is 13.6. The Hall–Kier alpha value is -1.19. The molecule has 1 heterocycles. The van der Waals surface area contributed by atoms with Crippen LogP contribution in [0.5, 0.6) is 0 Å². The van der Waals surface area contributed by atoms with Gasteiger partial charge in [-0.2, -0.15) is 0 Å². The number of benzene rings is 1. The van der Waals surface area contributed by atoms with Gasteiger partial charge in [-0.15, -0.1) is 11.6 Å². The Morgan fingerprint density at radius 1 is 1.33 bits per heavy atom. The number of halogens is 3. The maximum atomic E-state index is 13.6. The van der Waals surface area contributed by atoms with Crippen molar-refractivity contribution in [3.8, 4) is 0 Å². The van der Waals surface area contributed by atoms with E-state index in [0.29, 0.717) is 22.3 Å². The van der Waals surface area contributed by atoms with Gasteiger partial charge in [0.1, 0.15) is 11.6 Å². The highest BCUT2D eigenvalue weighted by atomic mass is 35.5. The monoisotopic (exact) mass is 284 g/mol. The Kier molecular flexibility index (Phi) is 4.15. The zero-order chi connectivity index (χ0) is 13.1. The molecule has 1 aromatic carbocycles. The first-order valence-corrected chi connectivity index (χ1v) is 6.33. The number of nitrogens with zero attached hydrogens (tertiary/aromatic N) is 2. The summed E-state index contributed by atoms with van der Waals surface area (Å²) in [5, 5.41) is 0.381. The molecule has 5 heteroatoms. The molecule has 0 unspecified atom stereocenters. The van der Waals surface area contributed by atoms with Crippen LogP contribution in [0, 0.1) is 12.7 Å². The minimum atomic E-state index is -0.348. The third-order valence-corrected chi connectivity index (χ3v) is 3.26. The summed E-state index contributed by atoms with van der Waals surface area (Å²) in [7, 11) is 0. The van der Waals surface area contributed by atoms with Crippen molar-refractivity contribution < 1.29 is 4.39 Å². The highest BCUT2D eigenvalue weighted by molar-refractivity contribution is 6.31. The number of aryl methyl sites for hydroxylation is 1. The Morgan fingerprint density at radius 3 is 2.78 bits per heavy atom. The molecule has 0 N–H and O–H groups in total. The van der Waals surface area contributed by atoms with Crippen LogP contribution in [0.4, 0.5) is 4.39 Å². The molecule has 0 aliphatic heterocycles. The summed E-state index contributed by atoms with van der Waals surface area (Å²) in [6.07, 6.45) is 1.95. The lowest BCUT2D eigenvalue weighted by atomic mass is 10.1. The first-order valence-electron chi connectivity index (χ1n) is 5.42. The Bertz CT molecular complexity index is 553. The molecule has 2 nitrogen and oxygen atoms in total. The van der Waals surface area contributed by atoms with Gasteiger partial charge in [0.2, 0.25) is 0 Å². The molecule has 18 heavy (non-hydrogen) atoms. The topological polar surface area (TPSA) is 25.8 Å². The van der Waals surface area contributed by atoms with Gasteiger partial charge in [0.15, 0.2) is 0 Å². The van der Waals surface area contributed by atoms with Crippen LogP contribution in [0.25, 0.3) is 0 Å². The van der Waals surface area contributed by atoms with Crippen molar-refractivity contribution in [3.05, 3.63) is 57.9 Å². The molecule has 0 amide bonds. The fourth-order valence-electron chi connectivity index (χ4n) is 1.60. The van der Waals surface area contributed by atoms with Crippen LogP contribution in [-0.4, -0.2) is 9.97 Å². The second-order valence-electron chi connectivity index (χ2n) is 3.93. The van der Waals surface area contributed by atoms with Crippen molar-refractivity contribution in [1.29, 1.82) is 0 Å². The van der Waals surface area contributed by atoms with Crippen LogP contribution in [0.2, 0.25) is 5.02 Å². The summed E-state index contributed by atoms with van der Waals surface area (Å²) in [4.78, 5) is 8.47. The molecule has 0 aliphatic rings. The second-order valence-corrected chi connectivity index (χ2v) is 4.60. The highest BCUT2D eigenvalue weighted by Crippen LogP contribution is 2.21. The molecule has 94 valence electrons. The zero-order valence-electron chi connectivity index (χ0n) is 9.75. The van der Waals surface area contributed by atoms with E-state index in [1.807, 2.05) is 6.92 Å². The van der Waals surface area contributed by atoms with E-state index in [1.165, 1.54) is 6.07 Å². The SMILES string of the molecule is Cc1cnc(Cc2c(F)cccc2Cl)nc1CCl. The summed E-state index contributed by atoms with van der Waals surface area (Å²) in [5.74, 6) is 0.481. The normalized spacial score (nSPS) is 10.7. The average molecular weight is 285 g/mol. The van der Waals surface area contributed by atoms with Gasteiger partial charge in [-0.1, -0.05) is 17.7 Å². The average Bonchev–Trinajstić information content (AvgIpc) is 2.36. The van der Waals surface area contributed by atoms with Gasteiger partial charge < -0.3 is 0 Å². The number of alkyl halides is 1. The fraction of sp³-hybridized carbons (Fsp3) is 0.231. The lowest BCUT2D eigenvalue weighted by Gasteiger charge is -2.07. The standard InChI is InChI=1S/C13H11Cl2FN2/c1-8-7-17-13(18-12(8)6-14)5-9-10(15)3-2-4-11(9)16/h2-4,7H,5-6H2,1H3. The van der Waals surface area contributed by atoms with E-state index in [9.17, 15) is 4.39 Å². The van der Waals surface area contributed by atoms with Gasteiger partial charge >= 0.3 is 0 Å². The quantitative estimate of drug-likeness (QED) is 0.799. The predicted molar refractivity (Wildman–Crippen MR) is 70.5 cm³/mol. The van der Waals surface area contributed by atoms with Gasteiger partial charge in [0, 0.05) is 23.2 Å². The van der Waals surface area contributed by atoms with E-state index in [2.05, 4.69) is 9.97 Å². The van der Waals surface area contributed by atoms with Crippen molar-refractivity contribution in [2.24, 2.45) is 0 Å². The lowest BCUT2D eigenvalue weighted by Crippen LogP contribution is -2.03. The van der Waals surface area contributed by atoms with Crippen molar-refractivity contribution in [2.75, 3.05) is 0 Å². The van der Waals surface area contributed by atoms with Crippen LogP contribution < -0.4 is 0 Å². The number of hydrogen-bond acceptors (Lipinski definition) is 2. The highest BCUT2D eigenvalue weighted by Gasteiger charge is 2.10. The first kappa shape index (κ1) is 13.2. The van der Waals surface area contributed by atoms with Crippen molar-refractivity contribution in [2.45, 2.75) is 19.2 Å². The summed E-state index contributed by atoms with van der Waals surface area (Å²) >= 11 is 11.7. The van der Waals surface area contributed by atoms with Gasteiger partial charge in [-0.3, -0.25) is 0 Å². The van der Waals surface area contributed by atoms with Crippen molar-refractivity contribution >= 4 is 23.2 Å². The van der Waals surface area contributed by atoms with E-state index in [-0.39, 0.29) is 12.2 Å². The molecule has 0 aliphatic carbocycles. The minimum Gasteiger partial charge on any atom is -0.241 e. The number of hydrogen-bond donors (Lipinski definition) is 0. The lowest BCUT2D eigenvalue weighted by molar-refractivity contribution is 0.612. The largest absolute Gasteiger partial charge is 0.241 e. The maximum Gasteiger partial charge on any atom is 0.133 e. The molecule has 2 aromatic rings. The van der Waals surface area contributed by atoms with Crippen LogP contribution in [-0.2, 0) is 12.3 Å². The molecular formula is C13H11Cl2FN2. The van der Waals surface area contributed by atoms with Crippen molar-refractivity contribution in [1.82, 2.24) is 9.97 Å². The molecule has 0 saturated heterocycles. The molecule has 0 radical (unpaired) electrons. The molecule has 2 rings (SSSR count). The number of aromatic nitrogens is 2. The van der Waals surface area contributed by atoms with Gasteiger partial charge in [-0.05, 0) is 24.6 Å². The van der Waals surface area contributed by atoms with Crippen molar-refractivity contribution in [3.63, 3.8) is 0 Å². The summed E-state index contributed by atoms with van der Waals surface area (Å²) < 4.78 is 13.6. The van der Waals surface area contributed by atoms with Crippen LogP contribution in [0.15, 0.2) is 24.4 Å². The van der Waals surface area contributed by atoms with Crippen LogP contribution >= 0.6 is 23.2 Å². The summed E-state index contributed by atoms with van der Waals surface area (Å²) in [6, 6.07) is 4.59. The van der Waals surface area contributed by atoms with Gasteiger partial charge in [0.05, 0.1) is 11.6 Å². The molecule has 1 aromatic heterocycles. The van der Waals surface area contributed by atoms with Crippen LogP contribution in [0.3, 0.4) is 0 Å². The first-order chi connectivity index (χ1) is 8.61. The summed E-state index contributed by atoms with van der Waals surface area (Å²) in [6.45, 7) is 1.89. The van der Waals surface area contributed by atoms with E-state index in [4.69, 9.17) is 23.2 Å². The van der Waals surface area contributed by atoms with E-state index in [0.717, 1.165) is 11.3 Å². The third kappa shape index (κ3) is 2.79. The summed E-state index contributed by atoms with van der Waals surface area (Å²) in [5.41, 5.74) is 2.09. The van der Waals surface area contributed by atoms with E-state index < -0.39 is 0 Å². The smallest absolute Gasteiger partial charge is 0.133 e. The second kappa shape index (κ2) is 5.63. The molecule has 0 saturated carbocycles. The Morgan fingerprint density at radius 2 is 2.11 bits per heavy atom. The predicted octanol–water partition coefficient (Wildman–Crippen LogP) is 3.91. The molecule has 0 atom stereocenters. The molecular weight excluding hydrogens is 274 g/mol. The number of rotatable bonds is 3. The molecule has 0 spiro atoms. The molecule has 0 bridgehead atoms. The van der Waals surface area contributed by atoms with Crippen LogP contribution in [0.1, 0.15) is 22.6 Å².